The molecule has 150 valence electrons. The Morgan fingerprint density at radius 3 is 2.57 bits per heavy atom. The lowest BCUT2D eigenvalue weighted by Crippen LogP contribution is -2.30. The van der Waals surface area contributed by atoms with E-state index in [-0.39, 0.29) is 18.0 Å². The minimum absolute atomic E-state index is 0.0397. The van der Waals surface area contributed by atoms with E-state index in [0.717, 1.165) is 12.0 Å². The van der Waals surface area contributed by atoms with Crippen molar-refractivity contribution in [2.75, 3.05) is 0 Å². The van der Waals surface area contributed by atoms with Gasteiger partial charge in [-0.1, -0.05) is 75.7 Å². The van der Waals surface area contributed by atoms with Gasteiger partial charge in [0.15, 0.2) is 0 Å². The smallest absolute Gasteiger partial charge is 0.269 e. The van der Waals surface area contributed by atoms with Crippen LogP contribution in [0.5, 0.6) is 0 Å². The van der Waals surface area contributed by atoms with E-state index in [2.05, 4.69) is 43.3 Å². The first-order valence-electron chi connectivity index (χ1n) is 10.4. The van der Waals surface area contributed by atoms with Crippen molar-refractivity contribution in [2.45, 2.75) is 65.5 Å². The van der Waals surface area contributed by atoms with Gasteiger partial charge in [0.2, 0.25) is 0 Å². The van der Waals surface area contributed by atoms with Crippen molar-refractivity contribution in [3.05, 3.63) is 53.3 Å². The van der Waals surface area contributed by atoms with Gasteiger partial charge >= 0.3 is 0 Å². The third-order valence-electron chi connectivity index (χ3n) is 5.97. The van der Waals surface area contributed by atoms with Crippen LogP contribution < -0.4 is 5.32 Å². The van der Waals surface area contributed by atoms with E-state index in [4.69, 9.17) is 12.2 Å². The molecule has 0 spiro atoms. The van der Waals surface area contributed by atoms with Crippen LogP contribution in [0.1, 0.15) is 81.2 Å². The van der Waals surface area contributed by atoms with E-state index in [9.17, 15) is 4.79 Å². The molecule has 1 amide bonds. The number of hydrogen-bond acceptors (Lipinski definition) is 3. The summed E-state index contributed by atoms with van der Waals surface area (Å²) in [7, 11) is 0. The number of benzene rings is 1. The monoisotopic (exact) mass is 397 g/mol. The fourth-order valence-electron chi connectivity index (χ4n) is 4.18. The summed E-state index contributed by atoms with van der Waals surface area (Å²) in [5, 5.41) is 7.94. The van der Waals surface area contributed by atoms with Gasteiger partial charge < -0.3 is 5.32 Å². The zero-order valence-electron chi connectivity index (χ0n) is 17.3. The Morgan fingerprint density at radius 1 is 1.25 bits per heavy atom. The maximum absolute atomic E-state index is 13.2. The fraction of sp³-hybridized carbons (Fsp3) is 0.522. The molecule has 1 aromatic carbocycles. The van der Waals surface area contributed by atoms with Gasteiger partial charge in [0.25, 0.3) is 5.91 Å². The molecule has 4 nitrogen and oxygen atoms in total. The van der Waals surface area contributed by atoms with Crippen molar-refractivity contribution in [3.8, 4) is 0 Å². The molecule has 2 aromatic rings. The highest BCUT2D eigenvalue weighted by Crippen LogP contribution is 2.45. The van der Waals surface area contributed by atoms with E-state index in [0.29, 0.717) is 28.1 Å². The topological polar surface area (TPSA) is 46.9 Å². The number of hydrogen-bond donors (Lipinski definition) is 1. The Balaban J connectivity index is 1.82. The lowest BCUT2D eigenvalue weighted by molar-refractivity contribution is 0.0935. The number of aromatic nitrogens is 2. The predicted molar refractivity (Wildman–Crippen MR) is 118 cm³/mol. The van der Waals surface area contributed by atoms with Crippen LogP contribution in [-0.2, 0) is 0 Å². The normalized spacial score (nSPS) is 21.9. The number of nitrogens with one attached hydrogen (secondary N) is 1. The molecule has 0 radical (unpaired) electrons. The average Bonchev–Trinajstić information content (AvgIpc) is 3.15. The maximum Gasteiger partial charge on any atom is 0.269 e. The Bertz CT molecular complexity index is 830. The molecule has 4 unspecified atom stereocenters. The van der Waals surface area contributed by atoms with Crippen LogP contribution >= 0.6 is 12.2 Å². The van der Waals surface area contributed by atoms with Crippen LogP contribution in [0.15, 0.2) is 36.4 Å². The third-order valence-corrected chi connectivity index (χ3v) is 6.18. The summed E-state index contributed by atoms with van der Waals surface area (Å²) < 4.78 is 1.82. The van der Waals surface area contributed by atoms with E-state index in [1.165, 1.54) is 19.3 Å². The molecule has 5 heteroatoms. The first-order chi connectivity index (χ1) is 13.5. The van der Waals surface area contributed by atoms with Crippen molar-refractivity contribution in [1.29, 1.82) is 0 Å². The minimum atomic E-state index is -0.0415. The molecule has 0 bridgehead atoms. The molecule has 0 saturated heterocycles. The molecule has 1 heterocycles. The van der Waals surface area contributed by atoms with Gasteiger partial charge in [0, 0.05) is 10.9 Å². The van der Waals surface area contributed by atoms with Crippen molar-refractivity contribution >= 4 is 23.0 Å². The number of rotatable bonds is 9. The van der Waals surface area contributed by atoms with Crippen LogP contribution in [-0.4, -0.2) is 26.6 Å². The van der Waals surface area contributed by atoms with Gasteiger partial charge in [0.1, 0.15) is 5.69 Å². The summed E-state index contributed by atoms with van der Waals surface area (Å²) in [6, 6.07) is 12.2. The molecular formula is C23H31N3OS. The van der Waals surface area contributed by atoms with E-state index < -0.39 is 0 Å². The zero-order valence-corrected chi connectivity index (χ0v) is 18.1. The first-order valence-corrected chi connectivity index (χ1v) is 10.8. The summed E-state index contributed by atoms with van der Waals surface area (Å²) in [4.78, 5) is 13.9. The molecule has 1 saturated carbocycles. The number of unbranched alkanes of at least 4 members (excludes halogenated alkanes) is 1. The Morgan fingerprint density at radius 2 is 1.96 bits per heavy atom. The molecule has 3 rings (SSSR count). The Labute approximate surface area is 173 Å². The van der Waals surface area contributed by atoms with E-state index in [1.807, 2.05) is 35.9 Å². The summed E-state index contributed by atoms with van der Waals surface area (Å²) in [6.45, 7) is 8.35. The Kier molecular flexibility index (Phi) is 6.65. The number of carbonyl (C=O) groups excluding carboxylic acids is 1. The van der Waals surface area contributed by atoms with Crippen LogP contribution in [0.25, 0.3) is 0 Å². The summed E-state index contributed by atoms with van der Waals surface area (Å²) in [5.74, 6) is 1.17. The molecule has 1 aromatic heterocycles. The maximum atomic E-state index is 13.2. The van der Waals surface area contributed by atoms with Crippen LogP contribution in [0.4, 0.5) is 0 Å². The van der Waals surface area contributed by atoms with Crippen molar-refractivity contribution in [1.82, 2.24) is 15.1 Å². The van der Waals surface area contributed by atoms with Gasteiger partial charge in [-0.3, -0.25) is 9.48 Å². The quantitative estimate of drug-likeness (QED) is 0.469. The number of carbonyl (C=O) groups is 1. The SMILES string of the molecule is CCCCC1C(CC)C1NC(=O)c1cc(C(C)=S)nn1C(C)c1ccccc1. The second-order valence-electron chi connectivity index (χ2n) is 7.88. The second kappa shape index (κ2) is 8.99. The van der Waals surface area contributed by atoms with Gasteiger partial charge in [-0.05, 0) is 43.7 Å². The van der Waals surface area contributed by atoms with Crippen LogP contribution in [0.2, 0.25) is 0 Å². The van der Waals surface area contributed by atoms with E-state index in [1.54, 1.807) is 0 Å². The highest BCUT2D eigenvalue weighted by Gasteiger charge is 2.48. The van der Waals surface area contributed by atoms with Crippen molar-refractivity contribution in [3.63, 3.8) is 0 Å². The summed E-state index contributed by atoms with van der Waals surface area (Å²) >= 11 is 5.32. The van der Waals surface area contributed by atoms with Gasteiger partial charge in [-0.2, -0.15) is 5.10 Å². The minimum Gasteiger partial charge on any atom is -0.347 e. The summed E-state index contributed by atoms with van der Waals surface area (Å²) in [6.07, 6.45) is 4.74. The van der Waals surface area contributed by atoms with Crippen LogP contribution in [0, 0.1) is 11.8 Å². The van der Waals surface area contributed by atoms with Crippen LogP contribution in [0.3, 0.4) is 0 Å². The average molecular weight is 398 g/mol. The number of thiocarbonyl (C=S) groups is 1. The lowest BCUT2D eigenvalue weighted by atomic mass is 10.1. The number of nitrogens with zero attached hydrogens (tertiary/aromatic N) is 2. The number of amides is 1. The van der Waals surface area contributed by atoms with Gasteiger partial charge in [0.05, 0.1) is 11.7 Å². The van der Waals surface area contributed by atoms with Crippen molar-refractivity contribution in [2.24, 2.45) is 11.8 Å². The highest BCUT2D eigenvalue weighted by atomic mass is 32.1. The predicted octanol–water partition coefficient (Wildman–Crippen LogP) is 5.17. The molecular weight excluding hydrogens is 366 g/mol. The molecule has 1 aliphatic rings. The molecule has 1 aliphatic carbocycles. The highest BCUT2D eigenvalue weighted by molar-refractivity contribution is 7.80. The molecule has 0 aliphatic heterocycles. The zero-order chi connectivity index (χ0) is 20.3. The molecule has 4 atom stereocenters. The standard InChI is InChI=1S/C23H31N3OS/c1-5-7-13-19-18(6-2)22(19)24-23(27)21-14-20(16(4)28)25-26(21)15(3)17-11-9-8-10-12-17/h8-12,14-15,18-19,22H,5-7,13H2,1-4H3,(H,24,27). The van der Waals surface area contributed by atoms with Gasteiger partial charge in [-0.25, -0.2) is 0 Å². The summed E-state index contributed by atoms with van der Waals surface area (Å²) in [5.41, 5.74) is 2.41. The van der Waals surface area contributed by atoms with E-state index >= 15 is 0 Å². The third kappa shape index (κ3) is 4.35. The van der Waals surface area contributed by atoms with Crippen molar-refractivity contribution < 1.29 is 4.79 Å². The molecule has 1 fully saturated rings. The molecule has 1 N–H and O–H groups in total. The largest absolute Gasteiger partial charge is 0.347 e. The first kappa shape index (κ1) is 20.7. The van der Waals surface area contributed by atoms with Gasteiger partial charge in [-0.15, -0.1) is 0 Å². The molecule has 28 heavy (non-hydrogen) atoms. The second-order valence-corrected chi connectivity index (χ2v) is 8.49. The lowest BCUT2D eigenvalue weighted by Gasteiger charge is -2.16. The Hall–Kier alpha value is -2.01. The fourth-order valence-corrected chi connectivity index (χ4v) is 4.28.